The van der Waals surface area contributed by atoms with Crippen molar-refractivity contribution in [3.8, 4) is 0 Å². The normalized spacial score (nSPS) is 23.6. The van der Waals surface area contributed by atoms with E-state index in [1.807, 2.05) is 0 Å². The first-order chi connectivity index (χ1) is 8.22. The molecule has 18 heavy (non-hydrogen) atoms. The minimum atomic E-state index is -4.34. The van der Waals surface area contributed by atoms with Crippen molar-refractivity contribution < 1.29 is 23.1 Å². The van der Waals surface area contributed by atoms with Crippen LogP contribution in [0.4, 0.5) is 13.2 Å². The van der Waals surface area contributed by atoms with Crippen molar-refractivity contribution in [3.63, 3.8) is 0 Å². The molecule has 5 heteroatoms. The van der Waals surface area contributed by atoms with Crippen molar-refractivity contribution >= 4 is 5.97 Å². The number of carboxylic acids is 1. The number of carbonyl (C=O) groups is 1. The van der Waals surface area contributed by atoms with Crippen molar-refractivity contribution in [2.45, 2.75) is 32.4 Å². The van der Waals surface area contributed by atoms with Crippen LogP contribution in [0.1, 0.15) is 30.0 Å². The standard InChI is InChI=1S/C13H13F3O2/c1-12(11(17)18)5-4-8-6-10(13(14,15)16)3-2-9(8)7-12/h2-3,6H,4-5,7H2,1H3,(H,17,18). The molecule has 98 valence electrons. The van der Waals surface area contributed by atoms with E-state index in [1.165, 1.54) is 6.07 Å². The number of rotatable bonds is 1. The summed E-state index contributed by atoms with van der Waals surface area (Å²) >= 11 is 0. The van der Waals surface area contributed by atoms with Gasteiger partial charge < -0.3 is 5.11 Å². The summed E-state index contributed by atoms with van der Waals surface area (Å²) in [4.78, 5) is 11.1. The topological polar surface area (TPSA) is 37.3 Å². The van der Waals surface area contributed by atoms with E-state index in [0.29, 0.717) is 24.0 Å². The molecule has 2 rings (SSSR count). The van der Waals surface area contributed by atoms with Gasteiger partial charge in [-0.3, -0.25) is 4.79 Å². The summed E-state index contributed by atoms with van der Waals surface area (Å²) in [5, 5.41) is 9.13. The lowest BCUT2D eigenvalue weighted by Crippen LogP contribution is -2.34. The second kappa shape index (κ2) is 4.00. The van der Waals surface area contributed by atoms with Crippen LogP contribution in [0.15, 0.2) is 18.2 Å². The van der Waals surface area contributed by atoms with Gasteiger partial charge in [-0.2, -0.15) is 13.2 Å². The van der Waals surface area contributed by atoms with Gasteiger partial charge in [-0.05, 0) is 49.4 Å². The number of benzene rings is 1. The third-order valence-electron chi connectivity index (χ3n) is 3.58. The van der Waals surface area contributed by atoms with Gasteiger partial charge in [-0.15, -0.1) is 0 Å². The average Bonchev–Trinajstić information content (AvgIpc) is 2.26. The molecule has 0 fully saturated rings. The fraction of sp³-hybridized carbons (Fsp3) is 0.462. The molecule has 0 amide bonds. The highest BCUT2D eigenvalue weighted by Gasteiger charge is 2.38. The molecule has 1 unspecified atom stereocenters. The summed E-state index contributed by atoms with van der Waals surface area (Å²) in [7, 11) is 0. The largest absolute Gasteiger partial charge is 0.481 e. The third kappa shape index (κ3) is 2.21. The quantitative estimate of drug-likeness (QED) is 0.839. The Morgan fingerprint density at radius 3 is 2.56 bits per heavy atom. The smallest absolute Gasteiger partial charge is 0.416 e. The monoisotopic (exact) mass is 258 g/mol. The van der Waals surface area contributed by atoms with Crippen molar-refractivity contribution in [1.82, 2.24) is 0 Å². The molecule has 0 aliphatic heterocycles. The molecule has 0 saturated heterocycles. The fourth-order valence-corrected chi connectivity index (χ4v) is 2.31. The highest BCUT2D eigenvalue weighted by molar-refractivity contribution is 5.75. The molecular weight excluding hydrogens is 245 g/mol. The van der Waals surface area contributed by atoms with Crippen molar-refractivity contribution in [1.29, 1.82) is 0 Å². The van der Waals surface area contributed by atoms with Crippen molar-refractivity contribution in [3.05, 3.63) is 34.9 Å². The van der Waals surface area contributed by atoms with E-state index in [9.17, 15) is 18.0 Å². The summed E-state index contributed by atoms with van der Waals surface area (Å²) < 4.78 is 37.6. The molecule has 0 bridgehead atoms. The van der Waals surface area contributed by atoms with Crippen LogP contribution >= 0.6 is 0 Å². The van der Waals surface area contributed by atoms with Crippen LogP contribution < -0.4 is 0 Å². The number of halogens is 3. The predicted molar refractivity (Wildman–Crippen MR) is 59.2 cm³/mol. The minimum absolute atomic E-state index is 0.288. The van der Waals surface area contributed by atoms with Gasteiger partial charge in [0.1, 0.15) is 0 Å². The van der Waals surface area contributed by atoms with Crippen LogP contribution in [-0.4, -0.2) is 11.1 Å². The molecular formula is C13H13F3O2. The lowest BCUT2D eigenvalue weighted by Gasteiger charge is -2.31. The number of hydrogen-bond acceptors (Lipinski definition) is 1. The van der Waals surface area contributed by atoms with Gasteiger partial charge in [0.25, 0.3) is 0 Å². The molecule has 1 aromatic rings. The Labute approximate surface area is 102 Å². The van der Waals surface area contributed by atoms with Gasteiger partial charge in [0.2, 0.25) is 0 Å². The molecule has 1 atom stereocenters. The van der Waals surface area contributed by atoms with Crippen LogP contribution in [0, 0.1) is 5.41 Å². The molecule has 1 aliphatic carbocycles. The van der Waals surface area contributed by atoms with Crippen molar-refractivity contribution in [2.24, 2.45) is 5.41 Å². The predicted octanol–water partition coefficient (Wildman–Crippen LogP) is 3.29. The van der Waals surface area contributed by atoms with Gasteiger partial charge in [-0.1, -0.05) is 6.07 Å². The maximum Gasteiger partial charge on any atom is 0.416 e. The SMILES string of the molecule is CC1(C(=O)O)CCc2cc(C(F)(F)F)ccc2C1. The van der Waals surface area contributed by atoms with Gasteiger partial charge in [-0.25, -0.2) is 0 Å². The van der Waals surface area contributed by atoms with Crippen LogP contribution in [0.25, 0.3) is 0 Å². The van der Waals surface area contributed by atoms with E-state index in [-0.39, 0.29) is 6.42 Å². The van der Waals surface area contributed by atoms with Gasteiger partial charge in [0, 0.05) is 0 Å². The number of hydrogen-bond donors (Lipinski definition) is 1. The summed E-state index contributed by atoms with van der Waals surface area (Å²) in [6.07, 6.45) is -3.31. The van der Waals surface area contributed by atoms with Crippen LogP contribution in [-0.2, 0) is 23.8 Å². The molecule has 1 aliphatic rings. The lowest BCUT2D eigenvalue weighted by molar-refractivity contribution is -0.148. The van der Waals surface area contributed by atoms with E-state index < -0.39 is 23.1 Å². The van der Waals surface area contributed by atoms with Gasteiger partial charge >= 0.3 is 12.1 Å². The molecule has 0 spiro atoms. The molecule has 0 aromatic heterocycles. The van der Waals surface area contributed by atoms with Crippen LogP contribution in [0.5, 0.6) is 0 Å². The Morgan fingerprint density at radius 2 is 2.00 bits per heavy atom. The number of alkyl halides is 3. The van der Waals surface area contributed by atoms with Gasteiger partial charge in [0.15, 0.2) is 0 Å². The van der Waals surface area contributed by atoms with E-state index in [0.717, 1.165) is 12.1 Å². The number of fused-ring (bicyclic) bond motifs is 1. The Balaban J connectivity index is 2.35. The number of aryl methyl sites for hydroxylation is 1. The number of aliphatic carboxylic acids is 1. The zero-order chi connectivity index (χ0) is 13.6. The third-order valence-corrected chi connectivity index (χ3v) is 3.58. The molecule has 0 heterocycles. The summed E-state index contributed by atoms with van der Waals surface area (Å²) in [5.41, 5.74) is -0.213. The average molecular weight is 258 g/mol. The Hall–Kier alpha value is -1.52. The first-order valence-corrected chi connectivity index (χ1v) is 5.65. The van der Waals surface area contributed by atoms with E-state index in [2.05, 4.69) is 0 Å². The first-order valence-electron chi connectivity index (χ1n) is 5.65. The summed E-state index contributed by atoms with van der Waals surface area (Å²) in [6.45, 7) is 1.63. The van der Waals surface area contributed by atoms with Crippen LogP contribution in [0.3, 0.4) is 0 Å². The molecule has 0 saturated carbocycles. The fourth-order valence-electron chi connectivity index (χ4n) is 2.31. The maximum absolute atomic E-state index is 12.5. The highest BCUT2D eigenvalue weighted by atomic mass is 19.4. The highest BCUT2D eigenvalue weighted by Crippen LogP contribution is 2.38. The molecule has 1 aromatic carbocycles. The van der Waals surface area contributed by atoms with E-state index in [4.69, 9.17) is 5.11 Å². The second-order valence-electron chi connectivity index (χ2n) is 5.02. The van der Waals surface area contributed by atoms with E-state index >= 15 is 0 Å². The molecule has 2 nitrogen and oxygen atoms in total. The molecule has 0 radical (unpaired) electrons. The summed E-state index contributed by atoms with van der Waals surface area (Å²) in [6, 6.07) is 3.56. The minimum Gasteiger partial charge on any atom is -0.481 e. The van der Waals surface area contributed by atoms with Crippen LogP contribution in [0.2, 0.25) is 0 Å². The number of carboxylic acid groups (broad SMARTS) is 1. The molecule has 1 N–H and O–H groups in total. The Morgan fingerprint density at radius 1 is 1.33 bits per heavy atom. The first kappa shape index (κ1) is 12.9. The zero-order valence-corrected chi connectivity index (χ0v) is 9.84. The second-order valence-corrected chi connectivity index (χ2v) is 5.02. The maximum atomic E-state index is 12.5. The Kier molecular flexibility index (Phi) is 2.87. The summed E-state index contributed by atoms with van der Waals surface area (Å²) in [5.74, 6) is -0.895. The van der Waals surface area contributed by atoms with Gasteiger partial charge in [0.05, 0.1) is 11.0 Å². The lowest BCUT2D eigenvalue weighted by atomic mass is 9.73. The van der Waals surface area contributed by atoms with E-state index in [1.54, 1.807) is 6.92 Å². The zero-order valence-electron chi connectivity index (χ0n) is 9.84. The van der Waals surface area contributed by atoms with Crippen molar-refractivity contribution in [2.75, 3.05) is 0 Å². The Bertz CT molecular complexity index is 493.